The van der Waals surface area contributed by atoms with Crippen LogP contribution in [0.2, 0.25) is 5.02 Å². The smallest absolute Gasteiger partial charge is 0.219 e. The fraction of sp³-hybridized carbons (Fsp3) is 0.208. The van der Waals surface area contributed by atoms with Gasteiger partial charge in [0.25, 0.3) is 0 Å². The van der Waals surface area contributed by atoms with E-state index in [2.05, 4.69) is 33.2 Å². The average molecular weight is 432 g/mol. The molecule has 1 fully saturated rings. The summed E-state index contributed by atoms with van der Waals surface area (Å²) >= 11 is 6.54. The van der Waals surface area contributed by atoms with E-state index in [1.165, 1.54) is 0 Å². The lowest BCUT2D eigenvalue weighted by molar-refractivity contribution is -0.129. The molecule has 156 valence electrons. The zero-order valence-electron chi connectivity index (χ0n) is 17.2. The van der Waals surface area contributed by atoms with Gasteiger partial charge in [-0.3, -0.25) is 9.36 Å². The normalized spacial score (nSPS) is 14.3. The van der Waals surface area contributed by atoms with E-state index in [-0.39, 0.29) is 5.91 Å². The van der Waals surface area contributed by atoms with Crippen molar-refractivity contribution in [3.05, 3.63) is 72.1 Å². The molecule has 6 nitrogen and oxygen atoms in total. The number of nitrogens with zero attached hydrogens (tertiary/aromatic N) is 5. The maximum atomic E-state index is 11.8. The summed E-state index contributed by atoms with van der Waals surface area (Å²) in [4.78, 5) is 25.2. The number of para-hydroxylation sites is 1. The van der Waals surface area contributed by atoms with Crippen LogP contribution in [0.4, 0.5) is 5.82 Å². The molecular formula is C24H22ClN5O. The minimum Gasteiger partial charge on any atom is -0.352 e. The van der Waals surface area contributed by atoms with E-state index in [9.17, 15) is 4.79 Å². The molecule has 2 aromatic heterocycles. The van der Waals surface area contributed by atoms with E-state index < -0.39 is 0 Å². The summed E-state index contributed by atoms with van der Waals surface area (Å²) in [5.41, 5.74) is 3.84. The number of halogens is 1. The molecule has 0 N–H and O–H groups in total. The van der Waals surface area contributed by atoms with E-state index in [0.29, 0.717) is 18.1 Å². The van der Waals surface area contributed by atoms with E-state index in [0.717, 1.165) is 46.8 Å². The summed E-state index contributed by atoms with van der Waals surface area (Å²) in [7, 11) is 0. The second kappa shape index (κ2) is 8.04. The van der Waals surface area contributed by atoms with Crippen LogP contribution < -0.4 is 4.90 Å². The van der Waals surface area contributed by atoms with Gasteiger partial charge in [-0.2, -0.15) is 0 Å². The Balaban J connectivity index is 1.70. The molecule has 1 aliphatic rings. The van der Waals surface area contributed by atoms with Crippen molar-refractivity contribution in [1.82, 2.24) is 19.4 Å². The van der Waals surface area contributed by atoms with Gasteiger partial charge in [0.1, 0.15) is 12.1 Å². The Morgan fingerprint density at radius 1 is 0.935 bits per heavy atom. The SMILES string of the molecule is CC(=O)N1CCN(c2ncnc3c2c(-c2ccccc2)cn3-c2ccccc2Cl)CC1. The molecule has 31 heavy (non-hydrogen) atoms. The van der Waals surface area contributed by atoms with Crippen molar-refractivity contribution in [2.75, 3.05) is 31.1 Å². The topological polar surface area (TPSA) is 54.3 Å². The maximum Gasteiger partial charge on any atom is 0.219 e. The number of fused-ring (bicyclic) bond motifs is 1. The fourth-order valence-corrected chi connectivity index (χ4v) is 4.41. The highest BCUT2D eigenvalue weighted by atomic mass is 35.5. The van der Waals surface area contributed by atoms with Gasteiger partial charge in [0.15, 0.2) is 5.65 Å². The van der Waals surface area contributed by atoms with Crippen LogP contribution in [0, 0.1) is 0 Å². The van der Waals surface area contributed by atoms with Gasteiger partial charge >= 0.3 is 0 Å². The number of amides is 1. The van der Waals surface area contributed by atoms with Gasteiger partial charge in [0, 0.05) is 44.9 Å². The second-order valence-electron chi connectivity index (χ2n) is 7.62. The number of piperazine rings is 1. The Morgan fingerprint density at radius 2 is 1.65 bits per heavy atom. The monoisotopic (exact) mass is 431 g/mol. The van der Waals surface area contributed by atoms with Crippen LogP contribution in [-0.2, 0) is 4.79 Å². The highest BCUT2D eigenvalue weighted by molar-refractivity contribution is 6.32. The van der Waals surface area contributed by atoms with Crippen molar-refractivity contribution in [2.45, 2.75) is 6.92 Å². The zero-order valence-corrected chi connectivity index (χ0v) is 18.0. The highest BCUT2D eigenvalue weighted by Crippen LogP contribution is 2.38. The van der Waals surface area contributed by atoms with Crippen molar-refractivity contribution in [2.24, 2.45) is 0 Å². The van der Waals surface area contributed by atoms with Gasteiger partial charge in [0.2, 0.25) is 5.91 Å². The molecule has 2 aromatic carbocycles. The van der Waals surface area contributed by atoms with Gasteiger partial charge in [0.05, 0.1) is 16.1 Å². The predicted octanol–water partition coefficient (Wildman–Crippen LogP) is 4.41. The second-order valence-corrected chi connectivity index (χ2v) is 8.03. The third kappa shape index (κ3) is 3.53. The summed E-state index contributed by atoms with van der Waals surface area (Å²) in [6.07, 6.45) is 3.70. The lowest BCUT2D eigenvalue weighted by Crippen LogP contribution is -2.48. The molecule has 1 aliphatic heterocycles. The van der Waals surface area contributed by atoms with Crippen LogP contribution in [0.5, 0.6) is 0 Å². The molecule has 0 bridgehead atoms. The molecule has 0 aliphatic carbocycles. The largest absolute Gasteiger partial charge is 0.352 e. The number of hydrogen-bond donors (Lipinski definition) is 0. The molecule has 7 heteroatoms. The van der Waals surface area contributed by atoms with E-state index >= 15 is 0 Å². The number of rotatable bonds is 3. The first-order chi connectivity index (χ1) is 15.1. The molecule has 0 atom stereocenters. The van der Waals surface area contributed by atoms with E-state index in [1.807, 2.05) is 51.9 Å². The quantitative estimate of drug-likeness (QED) is 0.482. The van der Waals surface area contributed by atoms with Crippen LogP contribution in [0.15, 0.2) is 67.1 Å². The predicted molar refractivity (Wildman–Crippen MR) is 124 cm³/mol. The Labute approximate surface area is 185 Å². The Bertz CT molecular complexity index is 1250. The van der Waals surface area contributed by atoms with E-state index in [1.54, 1.807) is 13.3 Å². The molecule has 0 spiro atoms. The number of benzene rings is 2. The summed E-state index contributed by atoms with van der Waals surface area (Å²) in [5.74, 6) is 1.00. The number of carbonyl (C=O) groups is 1. The van der Waals surface area contributed by atoms with Crippen molar-refractivity contribution in [1.29, 1.82) is 0 Å². The maximum absolute atomic E-state index is 11.8. The number of anilines is 1. The van der Waals surface area contributed by atoms with Gasteiger partial charge in [-0.05, 0) is 17.7 Å². The third-order valence-corrected chi connectivity index (χ3v) is 6.10. The first kappa shape index (κ1) is 19.6. The lowest BCUT2D eigenvalue weighted by atomic mass is 10.1. The minimum atomic E-state index is 0.113. The molecule has 0 unspecified atom stereocenters. The number of carbonyl (C=O) groups excluding carboxylic acids is 1. The van der Waals surface area contributed by atoms with Crippen LogP contribution in [-0.4, -0.2) is 51.5 Å². The lowest BCUT2D eigenvalue weighted by Gasteiger charge is -2.35. The van der Waals surface area contributed by atoms with Crippen molar-refractivity contribution in [3.8, 4) is 16.8 Å². The van der Waals surface area contributed by atoms with Crippen molar-refractivity contribution in [3.63, 3.8) is 0 Å². The van der Waals surface area contributed by atoms with Crippen LogP contribution >= 0.6 is 11.6 Å². The Morgan fingerprint density at radius 3 is 2.35 bits per heavy atom. The van der Waals surface area contributed by atoms with Crippen LogP contribution in [0.3, 0.4) is 0 Å². The van der Waals surface area contributed by atoms with Gasteiger partial charge in [-0.15, -0.1) is 0 Å². The molecule has 4 aromatic rings. The van der Waals surface area contributed by atoms with Crippen LogP contribution in [0.1, 0.15) is 6.92 Å². The summed E-state index contributed by atoms with van der Waals surface area (Å²) in [5, 5.41) is 1.65. The molecule has 5 rings (SSSR count). The average Bonchev–Trinajstić information content (AvgIpc) is 3.20. The molecule has 1 amide bonds. The van der Waals surface area contributed by atoms with Gasteiger partial charge in [-0.1, -0.05) is 54.1 Å². The Hall–Kier alpha value is -3.38. The summed E-state index contributed by atoms with van der Waals surface area (Å²) < 4.78 is 2.04. The van der Waals surface area contributed by atoms with Crippen LogP contribution in [0.25, 0.3) is 27.8 Å². The molecule has 1 saturated heterocycles. The third-order valence-electron chi connectivity index (χ3n) is 5.78. The van der Waals surface area contributed by atoms with Gasteiger partial charge < -0.3 is 9.80 Å². The number of hydrogen-bond acceptors (Lipinski definition) is 4. The van der Waals surface area contributed by atoms with Gasteiger partial charge in [-0.25, -0.2) is 9.97 Å². The molecule has 0 radical (unpaired) electrons. The summed E-state index contributed by atoms with van der Waals surface area (Å²) in [6.45, 7) is 4.46. The fourth-order valence-electron chi connectivity index (χ4n) is 4.19. The Kier molecular flexibility index (Phi) is 5.08. The summed E-state index contributed by atoms with van der Waals surface area (Å²) in [6, 6.07) is 18.0. The zero-order chi connectivity index (χ0) is 21.4. The standard InChI is InChI=1S/C24H22ClN5O/c1-17(31)28-11-13-29(14-12-28)23-22-19(18-7-3-2-4-8-18)15-30(24(22)27-16-26-23)21-10-6-5-9-20(21)25/h2-10,15-16H,11-14H2,1H3. The van der Waals surface area contributed by atoms with E-state index in [4.69, 9.17) is 11.6 Å². The molecule has 3 heterocycles. The van der Waals surface area contributed by atoms with Crippen molar-refractivity contribution >= 4 is 34.4 Å². The molecular weight excluding hydrogens is 410 g/mol. The number of aromatic nitrogens is 3. The first-order valence-electron chi connectivity index (χ1n) is 10.3. The van der Waals surface area contributed by atoms with Crippen molar-refractivity contribution < 1.29 is 4.79 Å². The minimum absolute atomic E-state index is 0.113. The first-order valence-corrected chi connectivity index (χ1v) is 10.7. The molecule has 0 saturated carbocycles. The highest BCUT2D eigenvalue weighted by Gasteiger charge is 2.25.